The number of nitrogens with two attached hydrogens (primary N) is 1. The molecule has 4 rings (SSSR count). The van der Waals surface area contributed by atoms with Crippen molar-refractivity contribution >= 4 is 37.2 Å². The van der Waals surface area contributed by atoms with Crippen molar-refractivity contribution in [1.82, 2.24) is 14.9 Å². The molecule has 36 heavy (non-hydrogen) atoms. The standard InChI is InChI=1S/C27H34Cl2N4O2Si/c1-27(2,3)36(5,6)35-17-14-33(15-17)16-23-26(34-4)32-22(13-31-23)20-11-7-9-18(24(20)28)19-10-8-12-21(30)25(19)29/h7-13,17H,14-16,30H2,1-6H3. The van der Waals surface area contributed by atoms with Crippen LogP contribution in [0.15, 0.2) is 42.6 Å². The molecular weight excluding hydrogens is 511 g/mol. The predicted molar refractivity (Wildman–Crippen MR) is 151 cm³/mol. The molecule has 0 saturated carbocycles. The molecule has 2 aromatic carbocycles. The fourth-order valence-electron chi connectivity index (χ4n) is 4.03. The van der Waals surface area contributed by atoms with E-state index in [4.69, 9.17) is 48.1 Å². The Morgan fingerprint density at radius 3 is 2.28 bits per heavy atom. The number of methoxy groups -OCH3 is 1. The number of aromatic nitrogens is 2. The van der Waals surface area contributed by atoms with E-state index < -0.39 is 8.32 Å². The molecule has 6 nitrogen and oxygen atoms in total. The number of rotatable bonds is 7. The normalized spacial score (nSPS) is 15.1. The Labute approximate surface area is 224 Å². The fourth-order valence-corrected chi connectivity index (χ4v) is 5.91. The Morgan fingerprint density at radius 2 is 1.64 bits per heavy atom. The van der Waals surface area contributed by atoms with E-state index in [1.54, 1.807) is 19.4 Å². The maximum Gasteiger partial charge on any atom is 0.237 e. The quantitative estimate of drug-likeness (QED) is 0.257. The number of nitrogen functional groups attached to an aromatic ring is 1. The van der Waals surface area contributed by atoms with E-state index >= 15 is 0 Å². The van der Waals surface area contributed by atoms with Crippen LogP contribution in [0.2, 0.25) is 28.2 Å². The lowest BCUT2D eigenvalue weighted by atomic mass is 10.0. The number of hydrogen-bond acceptors (Lipinski definition) is 6. The molecular formula is C27H34Cl2N4O2Si. The SMILES string of the molecule is COc1nc(-c2cccc(-c3cccc(N)c3Cl)c2Cl)cnc1CN1CC(O[Si](C)(C)C(C)(C)C)C1. The van der Waals surface area contributed by atoms with Crippen molar-refractivity contribution in [2.75, 3.05) is 25.9 Å². The van der Waals surface area contributed by atoms with Crippen molar-refractivity contribution in [3.05, 3.63) is 58.3 Å². The molecule has 192 valence electrons. The molecule has 9 heteroatoms. The van der Waals surface area contributed by atoms with E-state index in [1.165, 1.54) is 0 Å². The van der Waals surface area contributed by atoms with Gasteiger partial charge in [-0.2, -0.15) is 0 Å². The van der Waals surface area contributed by atoms with E-state index in [1.807, 2.05) is 30.3 Å². The first-order valence-electron chi connectivity index (χ1n) is 12.0. The first kappa shape index (κ1) is 26.9. The summed E-state index contributed by atoms with van der Waals surface area (Å²) in [4.78, 5) is 11.7. The molecule has 1 aliphatic heterocycles. The van der Waals surface area contributed by atoms with Crippen molar-refractivity contribution in [1.29, 1.82) is 0 Å². The Hall–Kier alpha value is -2.16. The third-order valence-corrected chi connectivity index (χ3v) is 12.5. The summed E-state index contributed by atoms with van der Waals surface area (Å²) in [7, 11) is -0.158. The molecule has 0 radical (unpaired) electrons. The zero-order chi connectivity index (χ0) is 26.3. The van der Waals surface area contributed by atoms with Gasteiger partial charge in [0.1, 0.15) is 5.69 Å². The smallest absolute Gasteiger partial charge is 0.237 e. The summed E-state index contributed by atoms with van der Waals surface area (Å²) in [5.41, 5.74) is 10.2. The van der Waals surface area contributed by atoms with Crippen LogP contribution in [-0.4, -0.2) is 49.5 Å². The zero-order valence-electron chi connectivity index (χ0n) is 21.7. The van der Waals surface area contributed by atoms with Gasteiger partial charge in [0, 0.05) is 36.3 Å². The van der Waals surface area contributed by atoms with E-state index in [2.05, 4.69) is 38.8 Å². The molecule has 2 N–H and O–H groups in total. The largest absolute Gasteiger partial charge is 0.480 e. The molecule has 0 spiro atoms. The summed E-state index contributed by atoms with van der Waals surface area (Å²) in [6.07, 6.45) is 2.01. The van der Waals surface area contributed by atoms with E-state index in [9.17, 15) is 0 Å². The van der Waals surface area contributed by atoms with Gasteiger partial charge in [0.15, 0.2) is 8.32 Å². The molecule has 3 aromatic rings. The van der Waals surface area contributed by atoms with Crippen molar-refractivity contribution < 1.29 is 9.16 Å². The summed E-state index contributed by atoms with van der Waals surface area (Å²) in [5, 5.41) is 1.21. The number of nitrogens with zero attached hydrogens (tertiary/aromatic N) is 3. The van der Waals surface area contributed by atoms with Crippen molar-refractivity contribution in [2.24, 2.45) is 0 Å². The maximum absolute atomic E-state index is 6.83. The van der Waals surface area contributed by atoms with Crippen LogP contribution in [0.4, 0.5) is 5.69 Å². The minimum Gasteiger partial charge on any atom is -0.480 e. The molecule has 1 aliphatic rings. The van der Waals surface area contributed by atoms with Crippen molar-refractivity contribution in [3.8, 4) is 28.3 Å². The molecule has 0 unspecified atom stereocenters. The number of ether oxygens (including phenoxy) is 1. The number of halogens is 2. The molecule has 2 heterocycles. The van der Waals surface area contributed by atoms with Gasteiger partial charge < -0.3 is 14.9 Å². The minimum atomic E-state index is -1.77. The number of hydrogen-bond donors (Lipinski definition) is 1. The topological polar surface area (TPSA) is 73.5 Å². The number of likely N-dealkylation sites (tertiary alicyclic amines) is 1. The lowest BCUT2D eigenvalue weighted by molar-refractivity contribution is 0.00441. The highest BCUT2D eigenvalue weighted by Crippen LogP contribution is 2.41. The van der Waals surface area contributed by atoms with E-state index in [0.29, 0.717) is 33.9 Å². The van der Waals surface area contributed by atoms with Gasteiger partial charge >= 0.3 is 0 Å². The monoisotopic (exact) mass is 544 g/mol. The van der Waals surface area contributed by atoms with Gasteiger partial charge in [-0.3, -0.25) is 9.88 Å². The molecule has 1 fully saturated rings. The van der Waals surface area contributed by atoms with Crippen LogP contribution in [0.5, 0.6) is 5.88 Å². The second-order valence-corrected chi connectivity index (χ2v) is 16.3. The van der Waals surface area contributed by atoms with Crippen molar-refractivity contribution in [3.63, 3.8) is 0 Å². The van der Waals surface area contributed by atoms with Gasteiger partial charge in [-0.15, -0.1) is 0 Å². The van der Waals surface area contributed by atoms with Gasteiger partial charge in [-0.1, -0.05) is 74.3 Å². The van der Waals surface area contributed by atoms with Crippen LogP contribution < -0.4 is 10.5 Å². The summed E-state index contributed by atoms with van der Waals surface area (Å²) in [6.45, 7) is 13.8. The summed E-state index contributed by atoms with van der Waals surface area (Å²) >= 11 is 13.3. The second-order valence-electron chi connectivity index (χ2n) is 10.8. The molecule has 0 bridgehead atoms. The zero-order valence-corrected chi connectivity index (χ0v) is 24.2. The third kappa shape index (κ3) is 5.41. The molecule has 1 aromatic heterocycles. The highest BCUT2D eigenvalue weighted by Gasteiger charge is 2.42. The van der Waals surface area contributed by atoms with E-state index in [-0.39, 0.29) is 11.1 Å². The summed E-state index contributed by atoms with van der Waals surface area (Å²) in [5.74, 6) is 0.490. The van der Waals surface area contributed by atoms with Crippen LogP contribution >= 0.6 is 23.2 Å². The Morgan fingerprint density at radius 1 is 1.03 bits per heavy atom. The fraction of sp³-hybridized carbons (Fsp3) is 0.407. The summed E-state index contributed by atoms with van der Waals surface area (Å²) < 4.78 is 12.1. The van der Waals surface area contributed by atoms with Crippen LogP contribution in [0.25, 0.3) is 22.4 Å². The first-order valence-corrected chi connectivity index (χ1v) is 15.7. The molecule has 0 amide bonds. The van der Waals surface area contributed by atoms with E-state index in [0.717, 1.165) is 35.5 Å². The highest BCUT2D eigenvalue weighted by atomic mass is 35.5. The second kappa shape index (κ2) is 10.3. The van der Waals surface area contributed by atoms with Gasteiger partial charge in [0.25, 0.3) is 0 Å². The first-order chi connectivity index (χ1) is 16.9. The number of anilines is 1. The van der Waals surface area contributed by atoms with Gasteiger partial charge in [0.2, 0.25) is 5.88 Å². The Balaban J connectivity index is 1.51. The minimum absolute atomic E-state index is 0.203. The average Bonchev–Trinajstić information content (AvgIpc) is 2.79. The van der Waals surface area contributed by atoms with Gasteiger partial charge in [0.05, 0.1) is 40.8 Å². The Kier molecular flexibility index (Phi) is 7.69. The number of benzene rings is 2. The maximum atomic E-state index is 6.83. The lowest BCUT2D eigenvalue weighted by Gasteiger charge is -2.46. The average molecular weight is 546 g/mol. The van der Waals surface area contributed by atoms with Gasteiger partial charge in [-0.05, 0) is 24.2 Å². The molecule has 1 saturated heterocycles. The predicted octanol–water partition coefficient (Wildman–Crippen LogP) is 6.91. The van der Waals surface area contributed by atoms with Crippen LogP contribution in [-0.2, 0) is 11.0 Å². The van der Waals surface area contributed by atoms with Crippen molar-refractivity contribution in [2.45, 2.75) is 51.6 Å². The van der Waals surface area contributed by atoms with Crippen LogP contribution in [0.3, 0.4) is 0 Å². The lowest BCUT2D eigenvalue weighted by Crippen LogP contribution is -2.57. The summed E-state index contributed by atoms with van der Waals surface area (Å²) in [6, 6.07) is 11.3. The van der Waals surface area contributed by atoms with Crippen LogP contribution in [0, 0.1) is 0 Å². The van der Waals surface area contributed by atoms with Crippen LogP contribution in [0.1, 0.15) is 26.5 Å². The third-order valence-electron chi connectivity index (χ3n) is 7.16. The highest BCUT2D eigenvalue weighted by molar-refractivity contribution is 6.74. The Bertz CT molecular complexity index is 1260. The molecule has 0 aliphatic carbocycles. The van der Waals surface area contributed by atoms with Gasteiger partial charge in [-0.25, -0.2) is 4.98 Å². The molecule has 0 atom stereocenters.